The van der Waals surface area contributed by atoms with Gasteiger partial charge in [-0.25, -0.2) is 8.42 Å². The van der Waals surface area contributed by atoms with Crippen LogP contribution in [-0.2, 0) is 19.4 Å². The van der Waals surface area contributed by atoms with Gasteiger partial charge in [0.15, 0.2) is 0 Å². The van der Waals surface area contributed by atoms with Crippen molar-refractivity contribution in [1.29, 1.82) is 0 Å². The molecule has 0 amide bonds. The molecule has 0 aliphatic heterocycles. The molecule has 0 spiro atoms. The molecule has 0 radical (unpaired) electrons. The zero-order chi connectivity index (χ0) is 18.0. The zero-order valence-electron chi connectivity index (χ0n) is 17.0. The van der Waals surface area contributed by atoms with Gasteiger partial charge >= 0.3 is 29.6 Å². The van der Waals surface area contributed by atoms with E-state index in [0.717, 1.165) is 38.5 Å². The van der Waals surface area contributed by atoms with Gasteiger partial charge in [0.05, 0.1) is 6.10 Å². The predicted octanol–water partition coefficient (Wildman–Crippen LogP) is -1.28. The van der Waals surface area contributed by atoms with Crippen molar-refractivity contribution < 1.29 is 62.5 Å². The Morgan fingerprint density at radius 1 is 1.07 bits per heavy atom. The molecule has 0 saturated heterocycles. The number of ketones is 1. The quantitative estimate of drug-likeness (QED) is 0.233. The average Bonchev–Trinajstić information content (AvgIpc) is 2.82. The van der Waals surface area contributed by atoms with E-state index in [1.54, 1.807) is 0 Å². The van der Waals surface area contributed by atoms with Gasteiger partial charge in [0, 0.05) is 11.8 Å². The van der Waals surface area contributed by atoms with Crippen molar-refractivity contribution >= 4 is 16.2 Å². The number of hydrogen-bond acceptors (Lipinski definition) is 5. The Morgan fingerprint density at radius 2 is 1.68 bits per heavy atom. The summed E-state index contributed by atoms with van der Waals surface area (Å²) in [5.74, 6) is 2.05. The van der Waals surface area contributed by atoms with Gasteiger partial charge in [-0.1, -0.05) is 25.5 Å². The topological polar surface area (TPSA) is 146 Å². The molecule has 0 aromatic carbocycles. The van der Waals surface area contributed by atoms with Crippen LogP contribution in [0.25, 0.3) is 0 Å². The minimum Gasteiger partial charge on any atom is -0.726 e. The molecule has 4 N–H and O–H groups in total. The van der Waals surface area contributed by atoms with Crippen LogP contribution < -0.4 is 29.6 Å². The van der Waals surface area contributed by atoms with E-state index in [2.05, 4.69) is 19.9 Å². The predicted molar refractivity (Wildman–Crippen MR) is 98.5 cm³/mol. The summed E-state index contributed by atoms with van der Waals surface area (Å²) in [7, 11) is -4.65. The molecule has 28 heavy (non-hydrogen) atoms. The number of rotatable bonds is 2. The third-order valence-corrected chi connectivity index (χ3v) is 8.53. The molecule has 3 unspecified atom stereocenters. The van der Waals surface area contributed by atoms with Gasteiger partial charge in [0.25, 0.3) is 0 Å². The van der Waals surface area contributed by atoms with Crippen LogP contribution >= 0.6 is 0 Å². The summed E-state index contributed by atoms with van der Waals surface area (Å²) >= 11 is 0. The van der Waals surface area contributed by atoms with E-state index in [-0.39, 0.29) is 51.3 Å². The summed E-state index contributed by atoms with van der Waals surface area (Å²) < 4.78 is 37.5. The Hall–Kier alpha value is 0.200. The van der Waals surface area contributed by atoms with Crippen molar-refractivity contribution in [2.75, 3.05) is 0 Å². The van der Waals surface area contributed by atoms with E-state index in [4.69, 9.17) is 4.18 Å². The van der Waals surface area contributed by atoms with Crippen molar-refractivity contribution in [1.82, 2.24) is 0 Å². The first-order chi connectivity index (χ1) is 11.6. The zero-order valence-corrected chi connectivity index (χ0v) is 19.8. The maximum atomic E-state index is 12.4. The summed E-state index contributed by atoms with van der Waals surface area (Å²) in [5.41, 5.74) is 1.20. The maximum Gasteiger partial charge on any atom is 1.00 e. The molecule has 6 atom stereocenters. The van der Waals surface area contributed by atoms with Crippen molar-refractivity contribution in [3.05, 3.63) is 11.6 Å². The van der Waals surface area contributed by atoms with Crippen molar-refractivity contribution in [2.24, 2.45) is 28.6 Å². The first-order valence-electron chi connectivity index (χ1n) is 9.50. The molecule has 3 fully saturated rings. The van der Waals surface area contributed by atoms with E-state index >= 15 is 0 Å². The van der Waals surface area contributed by atoms with Gasteiger partial charge < -0.3 is 15.5 Å². The van der Waals surface area contributed by atoms with Crippen molar-refractivity contribution in [3.8, 4) is 0 Å². The third kappa shape index (κ3) is 4.17. The molecule has 9 heteroatoms. The van der Waals surface area contributed by atoms with Gasteiger partial charge in [-0.05, 0) is 68.1 Å². The van der Waals surface area contributed by atoms with Crippen molar-refractivity contribution in [3.63, 3.8) is 0 Å². The molecular formula is C19H31NaO7S. The first kappa shape index (κ1) is 26.2. The van der Waals surface area contributed by atoms with Crippen LogP contribution in [0.1, 0.15) is 65.2 Å². The van der Waals surface area contributed by atoms with E-state index in [1.165, 1.54) is 5.57 Å². The Balaban J connectivity index is 0.00000131. The number of fused-ring (bicyclic) bond motifs is 5. The van der Waals surface area contributed by atoms with E-state index in [0.29, 0.717) is 36.4 Å². The van der Waals surface area contributed by atoms with Crippen LogP contribution in [-0.4, -0.2) is 35.8 Å². The number of hydrogen-bond donors (Lipinski definition) is 0. The number of allylic oxidation sites excluding steroid dienone is 1. The van der Waals surface area contributed by atoms with E-state index in [9.17, 15) is 17.8 Å². The van der Waals surface area contributed by atoms with Crippen LogP contribution in [0, 0.1) is 28.6 Å². The van der Waals surface area contributed by atoms with Crippen LogP contribution in [0.15, 0.2) is 11.6 Å². The largest absolute Gasteiger partial charge is 1.00 e. The van der Waals surface area contributed by atoms with Crippen molar-refractivity contribution in [2.45, 2.75) is 71.3 Å². The van der Waals surface area contributed by atoms with E-state index in [1.807, 2.05) is 0 Å². The van der Waals surface area contributed by atoms with Gasteiger partial charge in [0.2, 0.25) is 10.4 Å². The maximum absolute atomic E-state index is 12.4. The second-order valence-electron chi connectivity index (χ2n) is 9.05. The molecule has 4 aliphatic carbocycles. The fourth-order valence-electron chi connectivity index (χ4n) is 6.65. The first-order valence-corrected chi connectivity index (χ1v) is 10.8. The van der Waals surface area contributed by atoms with Crippen LogP contribution in [0.2, 0.25) is 0 Å². The molecule has 0 heterocycles. The smallest absolute Gasteiger partial charge is 0.726 e. The summed E-state index contributed by atoms with van der Waals surface area (Å²) in [6.07, 6.45) is 8.55. The fraction of sp³-hybridized carbons (Fsp3) is 0.842. The Labute approximate surface area is 189 Å². The fourth-order valence-corrected chi connectivity index (χ4v) is 7.14. The molecule has 0 bridgehead atoms. The third-order valence-electron chi connectivity index (χ3n) is 8.02. The number of Topliss-reactive ketones (excluding diaryl/α,β-unsaturated/α-hetero) is 1. The molecule has 0 aromatic heterocycles. The molecule has 7 nitrogen and oxygen atoms in total. The summed E-state index contributed by atoms with van der Waals surface area (Å²) in [4.78, 5) is 12.4. The average molecular weight is 427 g/mol. The molecule has 4 aliphatic rings. The second kappa shape index (κ2) is 8.75. The number of carbonyl (C=O) groups is 1. The Bertz CT molecular complexity index is 737. The van der Waals surface area contributed by atoms with Gasteiger partial charge in [0.1, 0.15) is 5.78 Å². The van der Waals surface area contributed by atoms with Crippen LogP contribution in [0.4, 0.5) is 0 Å². The minimum absolute atomic E-state index is 0. The molecular weight excluding hydrogens is 395 g/mol. The molecule has 3 saturated carbocycles. The second-order valence-corrected chi connectivity index (χ2v) is 10.1. The standard InChI is InChI=1S/C19H28O5S.Na.2H2O/c1-18-9-7-13(24-25(21,22)23)11-12(18)3-4-14-15-5-6-17(20)19(15,2)10-8-16(14)18;;;/h3,13-16H,4-11H2,1-2H3,(H,21,22,23);;2*1H2/q;+1;;/p-1/t13-,14?,15?,16?,18-,19-;;;/m0.../s1. The summed E-state index contributed by atoms with van der Waals surface area (Å²) in [6.45, 7) is 4.48. The number of carbonyl (C=O) groups excluding carboxylic acids is 1. The van der Waals surface area contributed by atoms with Gasteiger partial charge in [-0.2, -0.15) is 0 Å². The molecule has 4 rings (SSSR count). The Kier molecular flexibility index (Phi) is 8.20. The monoisotopic (exact) mass is 426 g/mol. The summed E-state index contributed by atoms with van der Waals surface area (Å²) in [6, 6.07) is 0. The summed E-state index contributed by atoms with van der Waals surface area (Å²) in [5, 5.41) is 0. The molecule has 156 valence electrons. The van der Waals surface area contributed by atoms with Gasteiger partial charge in [-0.15, -0.1) is 0 Å². The minimum atomic E-state index is -4.65. The Morgan fingerprint density at radius 3 is 2.32 bits per heavy atom. The van der Waals surface area contributed by atoms with Crippen LogP contribution in [0.5, 0.6) is 0 Å². The van der Waals surface area contributed by atoms with E-state index < -0.39 is 16.5 Å². The van der Waals surface area contributed by atoms with Crippen LogP contribution in [0.3, 0.4) is 0 Å². The normalized spacial score (nSPS) is 41.8. The SMILES string of the molecule is C[C@]12CC[C@H](OS(=O)(=O)[O-])CC1=CCC1C2CC[C@]2(C)C(=O)CCC12.O.O.[Na+]. The van der Waals surface area contributed by atoms with Gasteiger partial charge in [-0.3, -0.25) is 8.98 Å². The molecule has 0 aromatic rings.